The van der Waals surface area contributed by atoms with Gasteiger partial charge in [-0.25, -0.2) is 0 Å². The number of hydrogen-bond donors (Lipinski definition) is 0. The Morgan fingerprint density at radius 2 is 2.08 bits per heavy atom. The van der Waals surface area contributed by atoms with Crippen LogP contribution >= 0.6 is 0 Å². The molecule has 0 aromatic heterocycles. The van der Waals surface area contributed by atoms with Gasteiger partial charge in [-0.2, -0.15) is 0 Å². The Kier molecular flexibility index (Phi) is 6.82. The molecule has 0 aromatic carbocycles. The van der Waals surface area contributed by atoms with Crippen LogP contribution in [0.3, 0.4) is 0 Å². The maximum atomic E-state index is 11.3. The first-order valence-electron chi connectivity index (χ1n) is 4.90. The van der Waals surface area contributed by atoms with Gasteiger partial charge in [0.25, 0.3) is 0 Å². The number of methoxy groups -OCH3 is 1. The molecule has 0 bridgehead atoms. The van der Waals surface area contributed by atoms with E-state index >= 15 is 0 Å². The first-order chi connectivity index (χ1) is 6.15. The normalized spacial score (nSPS) is 13.3. The van der Waals surface area contributed by atoms with Gasteiger partial charge in [-0.1, -0.05) is 13.8 Å². The highest BCUT2D eigenvalue weighted by atomic mass is 16.5. The van der Waals surface area contributed by atoms with Crippen molar-refractivity contribution < 1.29 is 9.53 Å². The zero-order valence-corrected chi connectivity index (χ0v) is 9.17. The summed E-state index contributed by atoms with van der Waals surface area (Å²) in [7, 11) is 1.55. The molecule has 0 aromatic rings. The van der Waals surface area contributed by atoms with Crippen LogP contribution in [-0.2, 0) is 9.53 Å². The van der Waals surface area contributed by atoms with Crippen LogP contribution in [0.2, 0.25) is 0 Å². The zero-order valence-electron chi connectivity index (χ0n) is 9.17. The lowest BCUT2D eigenvalue weighted by Gasteiger charge is -2.25. The van der Waals surface area contributed by atoms with Crippen molar-refractivity contribution in [2.24, 2.45) is 0 Å². The summed E-state index contributed by atoms with van der Waals surface area (Å²) in [5.74, 6) is 0.157. The van der Waals surface area contributed by atoms with E-state index in [0.717, 1.165) is 13.0 Å². The van der Waals surface area contributed by atoms with Crippen LogP contribution in [0, 0.1) is 0 Å². The van der Waals surface area contributed by atoms with Gasteiger partial charge in [0.1, 0.15) is 6.61 Å². The van der Waals surface area contributed by atoms with Crippen molar-refractivity contribution in [3.63, 3.8) is 0 Å². The van der Waals surface area contributed by atoms with Crippen LogP contribution in [0.4, 0.5) is 0 Å². The van der Waals surface area contributed by atoms with E-state index < -0.39 is 0 Å². The summed E-state index contributed by atoms with van der Waals surface area (Å²) in [5, 5.41) is 0. The van der Waals surface area contributed by atoms with Crippen molar-refractivity contribution in [3.05, 3.63) is 0 Å². The molecule has 3 heteroatoms. The van der Waals surface area contributed by atoms with Crippen molar-refractivity contribution in [2.75, 3.05) is 26.8 Å². The Balaban J connectivity index is 3.89. The molecule has 0 aliphatic carbocycles. The Labute approximate surface area is 81.1 Å². The summed E-state index contributed by atoms with van der Waals surface area (Å²) in [6, 6.07) is 0.478. The molecule has 0 aliphatic heterocycles. The average Bonchev–Trinajstić information content (AvgIpc) is 2.13. The molecule has 0 spiro atoms. The van der Waals surface area contributed by atoms with Gasteiger partial charge in [0.2, 0.25) is 0 Å². The lowest BCUT2D eigenvalue weighted by atomic mass is 10.2. The molecule has 1 atom stereocenters. The molecule has 1 unspecified atom stereocenters. The highest BCUT2D eigenvalue weighted by Crippen LogP contribution is 2.02. The van der Waals surface area contributed by atoms with E-state index in [9.17, 15) is 4.79 Å². The Bertz CT molecular complexity index is 148. The molecule has 0 radical (unpaired) electrons. The summed E-state index contributed by atoms with van der Waals surface area (Å²) in [6.45, 7) is 8.01. The molecule has 0 N–H and O–H groups in total. The van der Waals surface area contributed by atoms with Crippen molar-refractivity contribution in [3.8, 4) is 0 Å². The number of nitrogens with zero attached hydrogens (tertiary/aromatic N) is 1. The second kappa shape index (κ2) is 7.04. The van der Waals surface area contributed by atoms with Crippen LogP contribution in [0.15, 0.2) is 0 Å². The summed E-state index contributed by atoms with van der Waals surface area (Å²) >= 11 is 0. The van der Waals surface area contributed by atoms with Crippen molar-refractivity contribution in [2.45, 2.75) is 33.2 Å². The van der Waals surface area contributed by atoms with Crippen molar-refractivity contribution in [1.29, 1.82) is 0 Å². The SMILES string of the molecule is CCC(C)N(CC)CC(=O)COC. The lowest BCUT2D eigenvalue weighted by Crippen LogP contribution is -2.37. The van der Waals surface area contributed by atoms with Gasteiger partial charge in [0.15, 0.2) is 5.78 Å². The number of Topliss-reactive ketones (excluding diaryl/α,β-unsaturated/α-hetero) is 1. The quantitative estimate of drug-likeness (QED) is 0.602. The first kappa shape index (κ1) is 12.6. The zero-order chi connectivity index (χ0) is 10.3. The van der Waals surface area contributed by atoms with E-state index in [0.29, 0.717) is 12.6 Å². The monoisotopic (exact) mass is 187 g/mol. The molecule has 0 aliphatic rings. The van der Waals surface area contributed by atoms with Gasteiger partial charge in [0, 0.05) is 13.2 Å². The van der Waals surface area contributed by atoms with Crippen LogP contribution in [0.5, 0.6) is 0 Å². The number of rotatable bonds is 7. The maximum Gasteiger partial charge on any atom is 0.172 e. The van der Waals surface area contributed by atoms with E-state index in [1.165, 1.54) is 0 Å². The predicted octanol–water partition coefficient (Wildman–Crippen LogP) is 1.32. The molecule has 78 valence electrons. The molecular weight excluding hydrogens is 166 g/mol. The van der Waals surface area contributed by atoms with Gasteiger partial charge in [-0.05, 0) is 19.9 Å². The third kappa shape index (κ3) is 5.01. The molecular formula is C10H21NO2. The van der Waals surface area contributed by atoms with Gasteiger partial charge in [0.05, 0.1) is 6.54 Å². The first-order valence-corrected chi connectivity index (χ1v) is 4.90. The van der Waals surface area contributed by atoms with Gasteiger partial charge in [-0.3, -0.25) is 9.69 Å². The van der Waals surface area contributed by atoms with Gasteiger partial charge < -0.3 is 4.74 Å². The third-order valence-corrected chi connectivity index (χ3v) is 2.31. The Morgan fingerprint density at radius 3 is 2.46 bits per heavy atom. The topological polar surface area (TPSA) is 29.5 Å². The minimum absolute atomic E-state index is 0.157. The van der Waals surface area contributed by atoms with Crippen LogP contribution in [-0.4, -0.2) is 43.5 Å². The fourth-order valence-electron chi connectivity index (χ4n) is 1.27. The highest BCUT2D eigenvalue weighted by molar-refractivity contribution is 5.81. The van der Waals surface area contributed by atoms with Gasteiger partial charge >= 0.3 is 0 Å². The minimum atomic E-state index is 0.157. The number of ketones is 1. The smallest absolute Gasteiger partial charge is 0.172 e. The third-order valence-electron chi connectivity index (χ3n) is 2.31. The predicted molar refractivity (Wildman–Crippen MR) is 53.9 cm³/mol. The van der Waals surface area contributed by atoms with Crippen molar-refractivity contribution >= 4 is 5.78 Å². The molecule has 0 saturated carbocycles. The molecule has 0 heterocycles. The van der Waals surface area contributed by atoms with Gasteiger partial charge in [-0.15, -0.1) is 0 Å². The molecule has 0 fully saturated rings. The molecule has 0 saturated heterocycles. The Morgan fingerprint density at radius 1 is 1.46 bits per heavy atom. The van der Waals surface area contributed by atoms with E-state index in [1.807, 2.05) is 0 Å². The fraction of sp³-hybridized carbons (Fsp3) is 0.900. The van der Waals surface area contributed by atoms with Crippen LogP contribution in [0.25, 0.3) is 0 Å². The summed E-state index contributed by atoms with van der Waals surface area (Å²) in [6.07, 6.45) is 1.08. The molecule has 0 rings (SSSR count). The largest absolute Gasteiger partial charge is 0.377 e. The minimum Gasteiger partial charge on any atom is -0.377 e. The summed E-state index contributed by atoms with van der Waals surface area (Å²) < 4.78 is 4.79. The lowest BCUT2D eigenvalue weighted by molar-refractivity contribution is -0.124. The number of likely N-dealkylation sites (N-methyl/N-ethyl adjacent to an activating group) is 1. The highest BCUT2D eigenvalue weighted by Gasteiger charge is 2.13. The second-order valence-corrected chi connectivity index (χ2v) is 3.29. The fourth-order valence-corrected chi connectivity index (χ4v) is 1.27. The molecule has 13 heavy (non-hydrogen) atoms. The van der Waals surface area contributed by atoms with E-state index in [-0.39, 0.29) is 12.4 Å². The maximum absolute atomic E-state index is 11.3. The number of hydrogen-bond acceptors (Lipinski definition) is 3. The van der Waals surface area contributed by atoms with Crippen LogP contribution in [0.1, 0.15) is 27.2 Å². The summed E-state index contributed by atoms with van der Waals surface area (Å²) in [5.41, 5.74) is 0. The van der Waals surface area contributed by atoms with Crippen molar-refractivity contribution in [1.82, 2.24) is 4.90 Å². The molecule has 3 nitrogen and oxygen atoms in total. The van der Waals surface area contributed by atoms with E-state index in [2.05, 4.69) is 25.7 Å². The second-order valence-electron chi connectivity index (χ2n) is 3.29. The molecule has 0 amide bonds. The van der Waals surface area contributed by atoms with Crippen LogP contribution < -0.4 is 0 Å². The standard InChI is InChI=1S/C10H21NO2/c1-5-9(3)11(6-2)7-10(12)8-13-4/h9H,5-8H2,1-4H3. The Hall–Kier alpha value is -0.410. The summed E-state index contributed by atoms with van der Waals surface area (Å²) in [4.78, 5) is 13.4. The van der Waals surface area contributed by atoms with E-state index in [4.69, 9.17) is 4.74 Å². The number of carbonyl (C=O) groups is 1. The number of ether oxygens (including phenoxy) is 1. The number of carbonyl (C=O) groups excluding carboxylic acids is 1. The average molecular weight is 187 g/mol. The van der Waals surface area contributed by atoms with E-state index in [1.54, 1.807) is 7.11 Å².